The van der Waals surface area contributed by atoms with Crippen molar-refractivity contribution in [1.29, 1.82) is 0 Å². The molecule has 0 aromatic carbocycles. The summed E-state index contributed by atoms with van der Waals surface area (Å²) in [6, 6.07) is 0.235. The summed E-state index contributed by atoms with van der Waals surface area (Å²) in [6.45, 7) is 0.739. The molecular weight excluding hydrogens is 190 g/mol. The summed E-state index contributed by atoms with van der Waals surface area (Å²) in [5.74, 6) is 0. The third-order valence-corrected chi connectivity index (χ3v) is 2.91. The molecule has 0 aliphatic heterocycles. The highest BCUT2D eigenvalue weighted by Gasteiger charge is 2.21. The fraction of sp³-hybridized carbons (Fsp3) is 0.636. The highest BCUT2D eigenvalue weighted by atomic mass is 16.3. The van der Waals surface area contributed by atoms with Gasteiger partial charge in [0.1, 0.15) is 6.33 Å². The molecule has 4 nitrogen and oxygen atoms in total. The first-order chi connectivity index (χ1) is 7.36. The summed E-state index contributed by atoms with van der Waals surface area (Å²) >= 11 is 0. The van der Waals surface area contributed by atoms with Crippen LogP contribution in [0.5, 0.6) is 0 Å². The average molecular weight is 207 g/mol. The molecule has 4 heteroatoms. The second-order valence-corrected chi connectivity index (χ2v) is 4.09. The standard InChI is InChI=1S/C11H17N3O/c15-11-4-2-1-3-10(11)14-7-9-5-12-8-13-6-9/h5-6,8,10-11,14-15H,1-4,7H2/t10-,11-/m0/s1. The lowest BCUT2D eigenvalue weighted by molar-refractivity contribution is 0.0902. The number of aliphatic hydroxyl groups excluding tert-OH is 1. The molecule has 1 saturated carbocycles. The van der Waals surface area contributed by atoms with Gasteiger partial charge in [0, 0.05) is 30.5 Å². The number of aromatic nitrogens is 2. The Bertz CT molecular complexity index is 291. The van der Waals surface area contributed by atoms with Gasteiger partial charge in [-0.15, -0.1) is 0 Å². The van der Waals surface area contributed by atoms with Crippen LogP contribution in [0.2, 0.25) is 0 Å². The van der Waals surface area contributed by atoms with Gasteiger partial charge in [-0.2, -0.15) is 0 Å². The first-order valence-electron chi connectivity index (χ1n) is 5.51. The molecule has 1 aliphatic carbocycles. The van der Waals surface area contributed by atoms with Crippen LogP contribution in [0.25, 0.3) is 0 Å². The molecule has 0 radical (unpaired) electrons. The Balaban J connectivity index is 1.82. The van der Waals surface area contributed by atoms with Gasteiger partial charge in [-0.25, -0.2) is 9.97 Å². The second-order valence-electron chi connectivity index (χ2n) is 4.09. The summed E-state index contributed by atoms with van der Waals surface area (Å²) in [5, 5.41) is 13.1. The van der Waals surface area contributed by atoms with Gasteiger partial charge in [0.15, 0.2) is 0 Å². The fourth-order valence-electron chi connectivity index (χ4n) is 2.02. The molecule has 82 valence electrons. The summed E-state index contributed by atoms with van der Waals surface area (Å²) < 4.78 is 0. The summed E-state index contributed by atoms with van der Waals surface area (Å²) in [5.41, 5.74) is 1.07. The Hall–Kier alpha value is -1.00. The van der Waals surface area contributed by atoms with E-state index in [1.165, 1.54) is 12.7 Å². The van der Waals surface area contributed by atoms with Crippen LogP contribution in [-0.2, 0) is 6.54 Å². The van der Waals surface area contributed by atoms with E-state index in [1.54, 1.807) is 12.4 Å². The molecule has 1 heterocycles. The summed E-state index contributed by atoms with van der Waals surface area (Å²) in [6.07, 6.45) is 9.28. The van der Waals surface area contributed by atoms with Gasteiger partial charge in [-0.05, 0) is 12.8 Å². The minimum Gasteiger partial charge on any atom is -0.392 e. The molecule has 0 spiro atoms. The van der Waals surface area contributed by atoms with Crippen molar-refractivity contribution >= 4 is 0 Å². The van der Waals surface area contributed by atoms with E-state index < -0.39 is 0 Å². The molecule has 1 fully saturated rings. The largest absolute Gasteiger partial charge is 0.392 e. The third-order valence-electron chi connectivity index (χ3n) is 2.91. The van der Waals surface area contributed by atoms with Crippen LogP contribution in [-0.4, -0.2) is 27.2 Å². The lowest BCUT2D eigenvalue weighted by atomic mass is 9.92. The van der Waals surface area contributed by atoms with Crippen LogP contribution in [0, 0.1) is 0 Å². The third kappa shape index (κ3) is 2.97. The maximum absolute atomic E-state index is 9.75. The minimum absolute atomic E-state index is 0.191. The van der Waals surface area contributed by atoms with E-state index in [-0.39, 0.29) is 12.1 Å². The molecule has 2 N–H and O–H groups in total. The molecular formula is C11H17N3O. The predicted octanol–water partition coefficient (Wildman–Crippen LogP) is 0.870. The van der Waals surface area contributed by atoms with E-state index in [0.29, 0.717) is 0 Å². The van der Waals surface area contributed by atoms with Gasteiger partial charge in [0.05, 0.1) is 6.10 Å². The highest BCUT2D eigenvalue weighted by molar-refractivity contribution is 5.02. The van der Waals surface area contributed by atoms with Crippen LogP contribution in [0.15, 0.2) is 18.7 Å². The quantitative estimate of drug-likeness (QED) is 0.772. The molecule has 0 unspecified atom stereocenters. The van der Waals surface area contributed by atoms with E-state index in [9.17, 15) is 5.11 Å². The van der Waals surface area contributed by atoms with Crippen LogP contribution in [0.4, 0.5) is 0 Å². The normalized spacial score (nSPS) is 26.5. The van der Waals surface area contributed by atoms with Gasteiger partial charge < -0.3 is 10.4 Å². The highest BCUT2D eigenvalue weighted by Crippen LogP contribution is 2.18. The van der Waals surface area contributed by atoms with E-state index in [0.717, 1.165) is 31.4 Å². The number of aliphatic hydroxyl groups is 1. The monoisotopic (exact) mass is 207 g/mol. The smallest absolute Gasteiger partial charge is 0.115 e. The Morgan fingerprint density at radius 3 is 2.73 bits per heavy atom. The van der Waals surface area contributed by atoms with E-state index in [2.05, 4.69) is 15.3 Å². The topological polar surface area (TPSA) is 58.0 Å². The van der Waals surface area contributed by atoms with Crippen molar-refractivity contribution in [3.63, 3.8) is 0 Å². The lowest BCUT2D eigenvalue weighted by Crippen LogP contribution is -2.41. The number of hydrogen-bond acceptors (Lipinski definition) is 4. The summed E-state index contributed by atoms with van der Waals surface area (Å²) in [4.78, 5) is 7.91. The van der Waals surface area contributed by atoms with Crippen LogP contribution in [0.1, 0.15) is 31.2 Å². The number of nitrogens with zero attached hydrogens (tertiary/aromatic N) is 2. The zero-order valence-electron chi connectivity index (χ0n) is 8.76. The maximum atomic E-state index is 9.75. The van der Waals surface area contributed by atoms with Crippen molar-refractivity contribution in [3.8, 4) is 0 Å². The van der Waals surface area contributed by atoms with Gasteiger partial charge in [-0.3, -0.25) is 0 Å². The van der Waals surface area contributed by atoms with Crippen LogP contribution < -0.4 is 5.32 Å². The van der Waals surface area contributed by atoms with E-state index in [4.69, 9.17) is 0 Å². The first kappa shape index (κ1) is 10.5. The van der Waals surface area contributed by atoms with Gasteiger partial charge >= 0.3 is 0 Å². The molecule has 2 atom stereocenters. The van der Waals surface area contributed by atoms with Crippen molar-refractivity contribution < 1.29 is 5.11 Å². The zero-order valence-corrected chi connectivity index (χ0v) is 8.76. The van der Waals surface area contributed by atoms with Crippen molar-refractivity contribution in [2.45, 2.75) is 44.4 Å². The van der Waals surface area contributed by atoms with Crippen molar-refractivity contribution in [1.82, 2.24) is 15.3 Å². The Labute approximate surface area is 89.8 Å². The Kier molecular flexibility index (Phi) is 3.64. The van der Waals surface area contributed by atoms with Gasteiger partial charge in [-0.1, -0.05) is 12.8 Å². The lowest BCUT2D eigenvalue weighted by Gasteiger charge is -2.28. The minimum atomic E-state index is -0.191. The predicted molar refractivity (Wildman–Crippen MR) is 57.1 cm³/mol. The van der Waals surface area contributed by atoms with Crippen molar-refractivity contribution in [3.05, 3.63) is 24.3 Å². The van der Waals surface area contributed by atoms with Crippen LogP contribution >= 0.6 is 0 Å². The van der Waals surface area contributed by atoms with E-state index >= 15 is 0 Å². The molecule has 0 bridgehead atoms. The molecule has 15 heavy (non-hydrogen) atoms. The molecule has 0 amide bonds. The van der Waals surface area contributed by atoms with Gasteiger partial charge in [0.2, 0.25) is 0 Å². The van der Waals surface area contributed by atoms with Crippen molar-refractivity contribution in [2.24, 2.45) is 0 Å². The SMILES string of the molecule is O[C@H]1CCCC[C@@H]1NCc1cncnc1. The van der Waals surface area contributed by atoms with Crippen LogP contribution in [0.3, 0.4) is 0 Å². The Morgan fingerprint density at radius 2 is 2.00 bits per heavy atom. The maximum Gasteiger partial charge on any atom is 0.115 e. The average Bonchev–Trinajstić information content (AvgIpc) is 2.29. The first-order valence-corrected chi connectivity index (χ1v) is 5.51. The van der Waals surface area contributed by atoms with Crippen molar-refractivity contribution in [2.75, 3.05) is 0 Å². The van der Waals surface area contributed by atoms with E-state index in [1.807, 2.05) is 0 Å². The molecule has 1 aromatic heterocycles. The zero-order chi connectivity index (χ0) is 10.5. The number of hydrogen-bond donors (Lipinski definition) is 2. The number of nitrogens with one attached hydrogen (secondary N) is 1. The second kappa shape index (κ2) is 5.19. The summed E-state index contributed by atoms with van der Waals surface area (Å²) in [7, 11) is 0. The van der Waals surface area contributed by atoms with Gasteiger partial charge in [0.25, 0.3) is 0 Å². The number of rotatable bonds is 3. The molecule has 1 aliphatic rings. The Morgan fingerprint density at radius 1 is 1.27 bits per heavy atom. The molecule has 0 saturated heterocycles. The molecule has 1 aromatic rings. The molecule has 2 rings (SSSR count). The fourth-order valence-corrected chi connectivity index (χ4v) is 2.02.